The van der Waals surface area contributed by atoms with E-state index in [1.165, 1.54) is 14.2 Å². The summed E-state index contributed by atoms with van der Waals surface area (Å²) < 4.78 is 26.8. The van der Waals surface area contributed by atoms with Crippen molar-refractivity contribution in [2.45, 2.75) is 12.3 Å². The first-order chi connectivity index (χ1) is 11.9. The number of hydroxylamine groups is 2. The van der Waals surface area contributed by atoms with Gasteiger partial charge in [0.2, 0.25) is 12.0 Å². The van der Waals surface area contributed by atoms with Crippen LogP contribution in [0.1, 0.15) is 33.8 Å². The molecule has 0 fully saturated rings. The lowest BCUT2D eigenvalue weighted by atomic mass is 9.85. The number of halogens is 3. The highest BCUT2D eigenvalue weighted by atomic mass is 79.9. The van der Waals surface area contributed by atoms with Gasteiger partial charge in [0.25, 0.3) is 5.91 Å². The SMILES string of the molecule is CON(C)C(=O)C(F)c1ccccc1Br.O=C1c2ccccc2C1F. The van der Waals surface area contributed by atoms with E-state index in [4.69, 9.17) is 0 Å². The topological polar surface area (TPSA) is 46.6 Å². The van der Waals surface area contributed by atoms with Gasteiger partial charge in [0.1, 0.15) is 0 Å². The minimum Gasteiger partial charge on any atom is -0.290 e. The Balaban J connectivity index is 0.000000194. The van der Waals surface area contributed by atoms with Crippen LogP contribution in [0.25, 0.3) is 0 Å². The number of Topliss-reactive ketones (excluding diaryl/α,β-unsaturated/α-hetero) is 1. The number of carbonyl (C=O) groups excluding carboxylic acids is 2. The largest absolute Gasteiger partial charge is 0.290 e. The molecule has 2 atom stereocenters. The number of fused-ring (bicyclic) bond motifs is 1. The van der Waals surface area contributed by atoms with E-state index in [-0.39, 0.29) is 5.78 Å². The van der Waals surface area contributed by atoms with Gasteiger partial charge in [0.15, 0.2) is 6.17 Å². The van der Waals surface area contributed by atoms with Crippen molar-refractivity contribution in [1.29, 1.82) is 0 Å². The third-order valence-corrected chi connectivity index (χ3v) is 4.43. The highest BCUT2D eigenvalue weighted by molar-refractivity contribution is 9.10. The Morgan fingerprint density at radius 2 is 1.80 bits per heavy atom. The molecule has 2 aromatic carbocycles. The highest BCUT2D eigenvalue weighted by Crippen LogP contribution is 2.35. The monoisotopic (exact) mass is 411 g/mol. The summed E-state index contributed by atoms with van der Waals surface area (Å²) >= 11 is 3.18. The van der Waals surface area contributed by atoms with E-state index in [9.17, 15) is 18.4 Å². The minimum atomic E-state index is -1.72. The van der Waals surface area contributed by atoms with E-state index < -0.39 is 18.3 Å². The number of benzene rings is 2. The van der Waals surface area contributed by atoms with E-state index in [0.717, 1.165) is 5.06 Å². The van der Waals surface area contributed by atoms with Gasteiger partial charge in [-0.2, -0.15) is 0 Å². The van der Waals surface area contributed by atoms with Crippen LogP contribution in [0.4, 0.5) is 8.78 Å². The number of hydrogen-bond acceptors (Lipinski definition) is 3. The van der Waals surface area contributed by atoms with Gasteiger partial charge in [-0.05, 0) is 6.07 Å². The molecule has 0 bridgehead atoms. The molecule has 1 aliphatic rings. The van der Waals surface area contributed by atoms with Gasteiger partial charge in [-0.3, -0.25) is 14.4 Å². The zero-order valence-corrected chi connectivity index (χ0v) is 15.2. The van der Waals surface area contributed by atoms with Crippen LogP contribution < -0.4 is 0 Å². The van der Waals surface area contributed by atoms with Gasteiger partial charge in [0, 0.05) is 28.2 Å². The fourth-order valence-electron chi connectivity index (χ4n) is 2.21. The maximum Gasteiger partial charge on any atom is 0.285 e. The van der Waals surface area contributed by atoms with Gasteiger partial charge in [-0.1, -0.05) is 58.4 Å². The zero-order valence-electron chi connectivity index (χ0n) is 13.6. The van der Waals surface area contributed by atoms with Crippen LogP contribution in [-0.4, -0.2) is 30.9 Å². The lowest BCUT2D eigenvalue weighted by molar-refractivity contribution is -0.174. The normalized spacial score (nSPS) is 16.0. The van der Waals surface area contributed by atoms with Gasteiger partial charge in [0.05, 0.1) is 7.11 Å². The van der Waals surface area contributed by atoms with Crippen molar-refractivity contribution in [2.24, 2.45) is 0 Å². The Labute approximate surface area is 152 Å². The number of carbonyl (C=O) groups is 2. The lowest BCUT2D eigenvalue weighted by Gasteiger charge is -2.20. The first kappa shape index (κ1) is 19.2. The van der Waals surface area contributed by atoms with Crippen LogP contribution in [0, 0.1) is 0 Å². The fraction of sp³-hybridized carbons (Fsp3) is 0.222. The molecular weight excluding hydrogens is 396 g/mol. The summed E-state index contributed by atoms with van der Waals surface area (Å²) in [6, 6.07) is 13.4. The molecule has 0 aliphatic heterocycles. The molecule has 2 unspecified atom stereocenters. The molecule has 1 aliphatic carbocycles. The van der Waals surface area contributed by atoms with Crippen molar-refractivity contribution in [3.8, 4) is 0 Å². The Kier molecular flexibility index (Phi) is 6.39. The molecule has 0 aromatic heterocycles. The highest BCUT2D eigenvalue weighted by Gasteiger charge is 2.35. The molecular formula is C18H16BrF2NO3. The van der Waals surface area contributed by atoms with Crippen LogP contribution in [0.2, 0.25) is 0 Å². The van der Waals surface area contributed by atoms with E-state index in [0.29, 0.717) is 21.2 Å². The number of amides is 1. The maximum atomic E-state index is 13.7. The molecule has 1 amide bonds. The Morgan fingerprint density at radius 1 is 1.20 bits per heavy atom. The quantitative estimate of drug-likeness (QED) is 0.704. The first-order valence-electron chi connectivity index (χ1n) is 7.35. The number of rotatable bonds is 3. The van der Waals surface area contributed by atoms with Crippen LogP contribution in [0.15, 0.2) is 53.0 Å². The second kappa shape index (κ2) is 8.31. The Hall–Kier alpha value is -2.12. The second-order valence-electron chi connectivity index (χ2n) is 5.22. The fourth-order valence-corrected chi connectivity index (χ4v) is 2.69. The molecule has 0 heterocycles. The van der Waals surface area contributed by atoms with Crippen molar-refractivity contribution >= 4 is 27.6 Å². The van der Waals surface area contributed by atoms with Gasteiger partial charge < -0.3 is 0 Å². The Bertz CT molecular complexity index is 784. The van der Waals surface area contributed by atoms with E-state index in [2.05, 4.69) is 20.8 Å². The molecule has 0 spiro atoms. The van der Waals surface area contributed by atoms with Crippen molar-refractivity contribution < 1.29 is 23.2 Å². The molecule has 0 radical (unpaired) electrons. The summed E-state index contributed by atoms with van der Waals surface area (Å²) in [5, 5.41) is 0.865. The van der Waals surface area contributed by atoms with Gasteiger partial charge in [-0.25, -0.2) is 13.8 Å². The van der Waals surface area contributed by atoms with Crippen molar-refractivity contribution in [1.82, 2.24) is 5.06 Å². The van der Waals surface area contributed by atoms with E-state index in [1.807, 2.05) is 0 Å². The zero-order chi connectivity index (χ0) is 18.6. The minimum absolute atomic E-state index is 0.298. The third kappa shape index (κ3) is 4.11. The molecule has 132 valence electrons. The van der Waals surface area contributed by atoms with E-state index >= 15 is 0 Å². The number of hydrogen-bond donors (Lipinski definition) is 0. The van der Waals surface area contributed by atoms with Gasteiger partial charge in [-0.15, -0.1) is 0 Å². The van der Waals surface area contributed by atoms with Crippen LogP contribution in [-0.2, 0) is 9.63 Å². The molecule has 2 aromatic rings. The molecule has 7 heteroatoms. The predicted molar refractivity (Wildman–Crippen MR) is 92.4 cm³/mol. The number of nitrogens with zero attached hydrogens (tertiary/aromatic N) is 1. The maximum absolute atomic E-state index is 13.7. The first-order valence-corrected chi connectivity index (χ1v) is 8.15. The summed E-state index contributed by atoms with van der Waals surface area (Å²) in [5.41, 5.74) is 1.37. The standard InChI is InChI=1S/C10H11BrFNO2.C8H5FO/c1-13(15-2)10(14)9(12)7-5-3-4-6-8(7)11;9-7-5-3-1-2-4-6(5)8(7)10/h3-6,9H,1-2H3;1-4,7H. The van der Waals surface area contributed by atoms with Crippen LogP contribution in [0.5, 0.6) is 0 Å². The van der Waals surface area contributed by atoms with Gasteiger partial charge >= 0.3 is 0 Å². The molecule has 0 saturated carbocycles. The van der Waals surface area contributed by atoms with E-state index in [1.54, 1.807) is 48.5 Å². The summed E-state index contributed by atoms with van der Waals surface area (Å²) in [5.74, 6) is -1.11. The number of likely N-dealkylation sites (N-methyl/N-ethyl adjacent to an activating group) is 1. The summed E-state index contributed by atoms with van der Waals surface area (Å²) in [7, 11) is 2.68. The second-order valence-corrected chi connectivity index (χ2v) is 6.07. The van der Waals surface area contributed by atoms with Crippen molar-refractivity contribution in [3.05, 3.63) is 69.7 Å². The Morgan fingerprint density at radius 3 is 2.40 bits per heavy atom. The smallest absolute Gasteiger partial charge is 0.285 e. The molecule has 0 saturated heterocycles. The summed E-state index contributed by atoms with van der Waals surface area (Å²) in [6.07, 6.45) is -3.07. The molecule has 3 rings (SSSR count). The summed E-state index contributed by atoms with van der Waals surface area (Å²) in [6.45, 7) is 0. The van der Waals surface area contributed by atoms with Crippen molar-refractivity contribution in [3.63, 3.8) is 0 Å². The average Bonchev–Trinajstić information content (AvgIpc) is 2.66. The molecule has 25 heavy (non-hydrogen) atoms. The predicted octanol–water partition coefficient (Wildman–Crippen LogP) is 4.37. The average molecular weight is 412 g/mol. The lowest BCUT2D eigenvalue weighted by Crippen LogP contribution is -2.29. The number of ketones is 1. The number of alkyl halides is 2. The third-order valence-electron chi connectivity index (χ3n) is 3.71. The molecule has 4 nitrogen and oxygen atoms in total. The van der Waals surface area contributed by atoms with Crippen molar-refractivity contribution in [2.75, 3.05) is 14.2 Å². The molecule has 0 N–H and O–H groups in total. The van der Waals surface area contributed by atoms with Crippen LogP contribution in [0.3, 0.4) is 0 Å². The summed E-state index contributed by atoms with van der Waals surface area (Å²) in [4.78, 5) is 26.7. The van der Waals surface area contributed by atoms with Crippen LogP contribution >= 0.6 is 15.9 Å².